The maximum atomic E-state index is 11.1. The van der Waals surface area contributed by atoms with E-state index in [9.17, 15) is 4.79 Å². The first-order valence-electron chi connectivity index (χ1n) is 4.94. The third-order valence-electron chi connectivity index (χ3n) is 1.72. The zero-order valence-electron chi connectivity index (χ0n) is 9.14. The van der Waals surface area contributed by atoms with Crippen molar-refractivity contribution in [2.24, 2.45) is 0 Å². The van der Waals surface area contributed by atoms with Crippen LogP contribution in [0.25, 0.3) is 0 Å². The quantitative estimate of drug-likeness (QED) is 0.341. The first-order chi connectivity index (χ1) is 7.72. The molecule has 0 saturated heterocycles. The molecular formula is C11H15NO4. The van der Waals surface area contributed by atoms with Crippen LogP contribution in [0, 0.1) is 0 Å². The molecule has 0 unspecified atom stereocenters. The Balaban J connectivity index is 2.26. The summed E-state index contributed by atoms with van der Waals surface area (Å²) in [6.45, 7) is 2.12. The highest BCUT2D eigenvalue weighted by atomic mass is 16.7. The van der Waals surface area contributed by atoms with Crippen LogP contribution in [-0.4, -0.2) is 26.0 Å². The van der Waals surface area contributed by atoms with Gasteiger partial charge in [0.15, 0.2) is 13.4 Å². The monoisotopic (exact) mass is 225 g/mol. The van der Waals surface area contributed by atoms with Crippen molar-refractivity contribution in [2.75, 3.05) is 25.7 Å². The van der Waals surface area contributed by atoms with Crippen LogP contribution in [0.15, 0.2) is 24.3 Å². The normalized spacial score (nSPS) is 9.81. The third kappa shape index (κ3) is 4.65. The Bertz CT molecular complexity index is 341. The lowest BCUT2D eigenvalue weighted by Crippen LogP contribution is -2.16. The fraction of sp³-hybridized carbons (Fsp3) is 0.364. The molecule has 0 saturated carbocycles. The van der Waals surface area contributed by atoms with E-state index < -0.39 is 5.97 Å². The summed E-state index contributed by atoms with van der Waals surface area (Å²) in [4.78, 5) is 11.1. The van der Waals surface area contributed by atoms with E-state index >= 15 is 0 Å². The Hall–Kier alpha value is -1.75. The number of benzene rings is 1. The number of hydrogen-bond acceptors (Lipinski definition) is 5. The van der Waals surface area contributed by atoms with Gasteiger partial charge in [-0.3, -0.25) is 0 Å². The second-order valence-electron chi connectivity index (χ2n) is 2.99. The largest absolute Gasteiger partial charge is 0.482 e. The average molecular weight is 225 g/mol. The maximum Gasteiger partial charge on any atom is 0.346 e. The molecule has 0 radical (unpaired) electrons. The Labute approximate surface area is 94.1 Å². The topological polar surface area (TPSA) is 70.8 Å². The second-order valence-corrected chi connectivity index (χ2v) is 2.99. The van der Waals surface area contributed by atoms with Crippen LogP contribution in [-0.2, 0) is 14.3 Å². The Morgan fingerprint density at radius 1 is 1.44 bits per heavy atom. The number of esters is 1. The van der Waals surface area contributed by atoms with Crippen LogP contribution in [0.2, 0.25) is 0 Å². The van der Waals surface area contributed by atoms with Gasteiger partial charge in [-0.25, -0.2) is 4.79 Å². The predicted octanol–water partition coefficient (Wildman–Crippen LogP) is 1.18. The summed E-state index contributed by atoms with van der Waals surface area (Å²) in [6.07, 6.45) is 0. The molecule has 16 heavy (non-hydrogen) atoms. The summed E-state index contributed by atoms with van der Waals surface area (Å²) in [5.74, 6) is 0.0595. The molecule has 0 bridgehead atoms. The van der Waals surface area contributed by atoms with Gasteiger partial charge in [0.1, 0.15) is 5.75 Å². The van der Waals surface area contributed by atoms with Gasteiger partial charge in [0, 0.05) is 18.4 Å². The lowest BCUT2D eigenvalue weighted by Gasteiger charge is -2.07. The molecule has 0 aliphatic carbocycles. The highest BCUT2D eigenvalue weighted by Gasteiger charge is 2.03. The number of ether oxygens (including phenoxy) is 3. The van der Waals surface area contributed by atoms with Crippen molar-refractivity contribution in [2.45, 2.75) is 6.92 Å². The molecule has 2 N–H and O–H groups in total. The smallest absolute Gasteiger partial charge is 0.346 e. The van der Waals surface area contributed by atoms with Crippen LogP contribution in [0.4, 0.5) is 5.69 Å². The van der Waals surface area contributed by atoms with Crippen LogP contribution in [0.3, 0.4) is 0 Å². The van der Waals surface area contributed by atoms with E-state index in [4.69, 9.17) is 19.9 Å². The Morgan fingerprint density at radius 2 is 2.25 bits per heavy atom. The summed E-state index contributed by atoms with van der Waals surface area (Å²) in [6, 6.07) is 6.83. The SMILES string of the molecule is CCOCOC(=O)COc1cccc(N)c1. The van der Waals surface area contributed by atoms with Gasteiger partial charge in [-0.1, -0.05) is 6.07 Å². The second kappa shape index (κ2) is 6.68. The van der Waals surface area contributed by atoms with Gasteiger partial charge in [0.05, 0.1) is 0 Å². The van der Waals surface area contributed by atoms with Crippen molar-refractivity contribution in [3.8, 4) is 5.75 Å². The van der Waals surface area contributed by atoms with Crippen molar-refractivity contribution in [3.05, 3.63) is 24.3 Å². The van der Waals surface area contributed by atoms with E-state index in [0.29, 0.717) is 18.0 Å². The minimum atomic E-state index is -0.476. The van der Waals surface area contributed by atoms with Gasteiger partial charge in [0.2, 0.25) is 0 Å². The highest BCUT2D eigenvalue weighted by Crippen LogP contribution is 2.14. The van der Waals surface area contributed by atoms with Crippen molar-refractivity contribution in [1.82, 2.24) is 0 Å². The zero-order chi connectivity index (χ0) is 11.8. The number of nitrogens with two attached hydrogens (primary N) is 1. The molecule has 0 fully saturated rings. The number of carbonyl (C=O) groups excluding carboxylic acids is 1. The fourth-order valence-corrected chi connectivity index (χ4v) is 0.979. The number of hydrogen-bond donors (Lipinski definition) is 1. The molecule has 5 heteroatoms. The molecule has 0 atom stereocenters. The van der Waals surface area contributed by atoms with E-state index in [1.165, 1.54) is 0 Å². The van der Waals surface area contributed by atoms with Crippen LogP contribution in [0.1, 0.15) is 6.92 Å². The van der Waals surface area contributed by atoms with Gasteiger partial charge >= 0.3 is 5.97 Å². The molecule has 0 amide bonds. The molecule has 0 spiro atoms. The van der Waals surface area contributed by atoms with E-state index in [-0.39, 0.29) is 13.4 Å². The molecule has 1 aromatic rings. The molecule has 0 aromatic heterocycles. The van der Waals surface area contributed by atoms with Gasteiger partial charge in [-0.15, -0.1) is 0 Å². The summed E-state index contributed by atoms with van der Waals surface area (Å²) in [5.41, 5.74) is 6.13. The van der Waals surface area contributed by atoms with Crippen molar-refractivity contribution in [1.29, 1.82) is 0 Å². The Morgan fingerprint density at radius 3 is 2.94 bits per heavy atom. The van der Waals surface area contributed by atoms with Crippen LogP contribution >= 0.6 is 0 Å². The molecule has 0 aliphatic rings. The van der Waals surface area contributed by atoms with E-state index in [2.05, 4.69) is 0 Å². The number of anilines is 1. The minimum Gasteiger partial charge on any atom is -0.482 e. The molecule has 0 aliphatic heterocycles. The molecule has 1 aromatic carbocycles. The van der Waals surface area contributed by atoms with Gasteiger partial charge in [-0.2, -0.15) is 0 Å². The fourth-order valence-electron chi connectivity index (χ4n) is 0.979. The minimum absolute atomic E-state index is 0.0460. The highest BCUT2D eigenvalue weighted by molar-refractivity contribution is 5.71. The zero-order valence-corrected chi connectivity index (χ0v) is 9.14. The third-order valence-corrected chi connectivity index (χ3v) is 1.72. The number of nitrogen functional groups attached to an aromatic ring is 1. The molecule has 88 valence electrons. The molecule has 5 nitrogen and oxygen atoms in total. The summed E-state index contributed by atoms with van der Waals surface area (Å²) in [7, 11) is 0. The van der Waals surface area contributed by atoms with Gasteiger partial charge < -0.3 is 19.9 Å². The molecule has 1 rings (SSSR count). The van der Waals surface area contributed by atoms with Gasteiger partial charge in [0.25, 0.3) is 0 Å². The number of rotatable bonds is 6. The molecular weight excluding hydrogens is 210 g/mol. The lowest BCUT2D eigenvalue weighted by molar-refractivity contribution is -0.158. The summed E-state index contributed by atoms with van der Waals surface area (Å²) in [5, 5.41) is 0. The molecule has 0 heterocycles. The summed E-state index contributed by atoms with van der Waals surface area (Å²) >= 11 is 0. The van der Waals surface area contributed by atoms with Crippen LogP contribution in [0.5, 0.6) is 5.75 Å². The Kier molecular flexibility index (Phi) is 5.15. The first kappa shape index (κ1) is 12.3. The van der Waals surface area contributed by atoms with E-state index in [1.54, 1.807) is 24.3 Å². The maximum absolute atomic E-state index is 11.1. The number of carbonyl (C=O) groups is 1. The standard InChI is InChI=1S/C11H15NO4/c1-2-14-8-16-11(13)7-15-10-5-3-4-9(12)6-10/h3-6H,2,7-8,12H2,1H3. The van der Waals surface area contributed by atoms with Crippen molar-refractivity contribution >= 4 is 11.7 Å². The first-order valence-corrected chi connectivity index (χ1v) is 4.94. The predicted molar refractivity (Wildman–Crippen MR) is 58.9 cm³/mol. The summed E-state index contributed by atoms with van der Waals surface area (Å²) < 4.78 is 14.7. The van der Waals surface area contributed by atoms with Crippen LogP contribution < -0.4 is 10.5 Å². The lowest BCUT2D eigenvalue weighted by atomic mass is 10.3. The van der Waals surface area contributed by atoms with Crippen molar-refractivity contribution in [3.63, 3.8) is 0 Å². The van der Waals surface area contributed by atoms with Crippen molar-refractivity contribution < 1.29 is 19.0 Å². The van der Waals surface area contributed by atoms with E-state index in [1.807, 2.05) is 6.92 Å². The average Bonchev–Trinajstić information content (AvgIpc) is 2.27. The van der Waals surface area contributed by atoms with Gasteiger partial charge in [-0.05, 0) is 19.1 Å². The van der Waals surface area contributed by atoms with E-state index in [0.717, 1.165) is 0 Å².